The molecule has 6 nitrogen and oxygen atoms in total. The summed E-state index contributed by atoms with van der Waals surface area (Å²) in [6.45, 7) is 0.184. The van der Waals surface area contributed by atoms with Crippen LogP contribution in [-0.4, -0.2) is 22.0 Å². The number of primary amides is 1. The smallest absolute Gasteiger partial charge is 0.404 e. The van der Waals surface area contributed by atoms with Gasteiger partial charge in [0, 0.05) is 12.1 Å². The van der Waals surface area contributed by atoms with Crippen LogP contribution in [0.1, 0.15) is 41.5 Å². The fourth-order valence-electron chi connectivity index (χ4n) is 2.02. The molecule has 18 heavy (non-hydrogen) atoms. The molecule has 0 aromatic carbocycles. The van der Waals surface area contributed by atoms with Gasteiger partial charge < -0.3 is 15.7 Å². The van der Waals surface area contributed by atoms with Crippen LogP contribution < -0.4 is 5.73 Å². The zero-order valence-electron chi connectivity index (χ0n) is 9.83. The lowest BCUT2D eigenvalue weighted by Crippen LogP contribution is -2.12. The Morgan fingerprint density at radius 3 is 2.94 bits per heavy atom. The third kappa shape index (κ3) is 3.19. The van der Waals surface area contributed by atoms with Crippen molar-refractivity contribution in [3.05, 3.63) is 16.1 Å². The molecule has 2 rings (SSSR count). The Balaban J connectivity index is 1.92. The summed E-state index contributed by atoms with van der Waals surface area (Å²) >= 11 is 1.54. The van der Waals surface area contributed by atoms with E-state index in [0.717, 1.165) is 41.3 Å². The number of carbonyl (C=O) groups excluding carboxylic acids is 1. The number of thiazole rings is 1. The summed E-state index contributed by atoms with van der Waals surface area (Å²) in [5.41, 5.74) is 5.77. The largest absolute Gasteiger partial charge is 0.444 e. The van der Waals surface area contributed by atoms with Gasteiger partial charge in [-0.1, -0.05) is 5.16 Å². The Hall–Kier alpha value is -1.63. The number of oxime groups is 1. The van der Waals surface area contributed by atoms with Crippen LogP contribution in [-0.2, 0) is 11.3 Å². The average Bonchev–Trinajstić information content (AvgIpc) is 2.85. The monoisotopic (exact) mass is 269 g/mol. The van der Waals surface area contributed by atoms with E-state index < -0.39 is 6.09 Å². The van der Waals surface area contributed by atoms with Gasteiger partial charge in [0.25, 0.3) is 0 Å². The summed E-state index contributed by atoms with van der Waals surface area (Å²) in [4.78, 5) is 15.7. The number of hydrogen-bond donors (Lipinski definition) is 2. The van der Waals surface area contributed by atoms with Crippen LogP contribution in [0, 0.1) is 0 Å². The summed E-state index contributed by atoms with van der Waals surface area (Å²) in [6, 6.07) is 0. The van der Waals surface area contributed by atoms with Crippen LogP contribution in [0.2, 0.25) is 0 Å². The molecule has 1 aromatic rings. The first kappa shape index (κ1) is 12.8. The Morgan fingerprint density at radius 2 is 2.33 bits per heavy atom. The van der Waals surface area contributed by atoms with Gasteiger partial charge in [0.1, 0.15) is 6.61 Å². The zero-order valence-corrected chi connectivity index (χ0v) is 10.7. The van der Waals surface area contributed by atoms with Gasteiger partial charge in [-0.05, 0) is 25.7 Å². The lowest BCUT2D eigenvalue weighted by molar-refractivity contribution is 0.151. The molecule has 1 aliphatic carbocycles. The Morgan fingerprint density at radius 1 is 1.61 bits per heavy atom. The molecule has 1 fully saturated rings. The highest BCUT2D eigenvalue weighted by atomic mass is 32.1. The van der Waals surface area contributed by atoms with Gasteiger partial charge in [-0.25, -0.2) is 9.78 Å². The molecule has 1 aliphatic rings. The third-order valence-corrected chi connectivity index (χ3v) is 4.11. The van der Waals surface area contributed by atoms with E-state index in [1.54, 1.807) is 17.5 Å². The van der Waals surface area contributed by atoms with E-state index in [9.17, 15) is 4.79 Å². The molecule has 1 saturated carbocycles. The van der Waals surface area contributed by atoms with Gasteiger partial charge in [-0.2, -0.15) is 0 Å². The number of rotatable bonds is 3. The standard InChI is InChI=1S/C11H15N3O3S/c12-11(15)17-6-9-5-13-10(18-9)7-1-3-8(14-16)4-2-7/h5,7,16H,1-4,6H2,(H2,12,15). The summed E-state index contributed by atoms with van der Waals surface area (Å²) in [7, 11) is 0. The molecule has 98 valence electrons. The van der Waals surface area contributed by atoms with E-state index >= 15 is 0 Å². The van der Waals surface area contributed by atoms with Crippen molar-refractivity contribution in [1.82, 2.24) is 4.98 Å². The Labute approximate surface area is 108 Å². The number of amides is 1. The van der Waals surface area contributed by atoms with Gasteiger partial charge in [0.2, 0.25) is 0 Å². The Bertz CT molecular complexity index is 448. The number of nitrogens with zero attached hydrogens (tertiary/aromatic N) is 2. The van der Waals surface area contributed by atoms with E-state index in [0.29, 0.717) is 5.92 Å². The van der Waals surface area contributed by atoms with Crippen molar-refractivity contribution >= 4 is 23.1 Å². The second kappa shape index (κ2) is 5.81. The average molecular weight is 269 g/mol. The van der Waals surface area contributed by atoms with Crippen molar-refractivity contribution < 1.29 is 14.7 Å². The molecule has 1 heterocycles. The van der Waals surface area contributed by atoms with Crippen molar-refractivity contribution in [3.63, 3.8) is 0 Å². The van der Waals surface area contributed by atoms with E-state index in [-0.39, 0.29) is 6.61 Å². The van der Waals surface area contributed by atoms with Crippen LogP contribution >= 0.6 is 11.3 Å². The van der Waals surface area contributed by atoms with Gasteiger partial charge >= 0.3 is 6.09 Å². The van der Waals surface area contributed by atoms with Crippen molar-refractivity contribution in [3.8, 4) is 0 Å². The molecule has 0 radical (unpaired) electrons. The van der Waals surface area contributed by atoms with Gasteiger partial charge in [0.15, 0.2) is 0 Å². The molecule has 1 aromatic heterocycles. The van der Waals surface area contributed by atoms with Crippen LogP contribution in [0.5, 0.6) is 0 Å². The molecular weight excluding hydrogens is 254 g/mol. The van der Waals surface area contributed by atoms with Crippen molar-refractivity contribution in [2.75, 3.05) is 0 Å². The highest BCUT2D eigenvalue weighted by molar-refractivity contribution is 7.11. The number of carbonyl (C=O) groups is 1. The van der Waals surface area contributed by atoms with Crippen molar-refractivity contribution in [1.29, 1.82) is 0 Å². The predicted molar refractivity (Wildman–Crippen MR) is 66.9 cm³/mol. The van der Waals surface area contributed by atoms with E-state index in [2.05, 4.69) is 10.1 Å². The van der Waals surface area contributed by atoms with E-state index in [1.807, 2.05) is 0 Å². The topological polar surface area (TPSA) is 97.8 Å². The molecule has 3 N–H and O–H groups in total. The summed E-state index contributed by atoms with van der Waals surface area (Å²) in [5, 5.41) is 13.0. The minimum absolute atomic E-state index is 0.184. The quantitative estimate of drug-likeness (QED) is 0.649. The maximum Gasteiger partial charge on any atom is 0.404 e. The fourth-order valence-corrected chi connectivity index (χ4v) is 3.02. The molecule has 0 bridgehead atoms. The summed E-state index contributed by atoms with van der Waals surface area (Å²) in [6.07, 6.45) is 4.47. The molecule has 0 atom stereocenters. The normalized spacial score (nSPS) is 19.6. The lowest BCUT2D eigenvalue weighted by Gasteiger charge is -2.19. The first-order chi connectivity index (χ1) is 8.69. The minimum atomic E-state index is -0.772. The second-order valence-electron chi connectivity index (χ2n) is 4.21. The maximum atomic E-state index is 10.5. The van der Waals surface area contributed by atoms with Gasteiger partial charge in [-0.3, -0.25) is 0 Å². The Kier molecular flexibility index (Phi) is 4.14. The zero-order chi connectivity index (χ0) is 13.0. The number of ether oxygens (including phenoxy) is 1. The lowest BCUT2D eigenvalue weighted by atomic mass is 9.88. The first-order valence-corrected chi connectivity index (χ1v) is 6.57. The molecule has 0 saturated heterocycles. The number of aromatic nitrogens is 1. The predicted octanol–water partition coefficient (Wildman–Crippen LogP) is 2.23. The number of nitrogens with two attached hydrogens (primary N) is 1. The highest BCUT2D eigenvalue weighted by Gasteiger charge is 2.22. The summed E-state index contributed by atoms with van der Waals surface area (Å²) < 4.78 is 4.72. The molecule has 0 aliphatic heterocycles. The van der Waals surface area contributed by atoms with Crippen LogP contribution in [0.4, 0.5) is 4.79 Å². The van der Waals surface area contributed by atoms with Gasteiger partial charge in [-0.15, -0.1) is 11.3 Å². The van der Waals surface area contributed by atoms with Gasteiger partial charge in [0.05, 0.1) is 15.6 Å². The SMILES string of the molecule is NC(=O)OCc1cnc(C2CCC(=NO)CC2)s1. The second-order valence-corrected chi connectivity index (χ2v) is 5.36. The highest BCUT2D eigenvalue weighted by Crippen LogP contribution is 2.34. The van der Waals surface area contributed by atoms with Crippen LogP contribution in [0.25, 0.3) is 0 Å². The minimum Gasteiger partial charge on any atom is -0.444 e. The molecule has 7 heteroatoms. The van der Waals surface area contributed by atoms with Crippen molar-refractivity contribution in [2.45, 2.75) is 38.2 Å². The number of hydrogen-bond acceptors (Lipinski definition) is 6. The summed E-state index contributed by atoms with van der Waals surface area (Å²) in [5.74, 6) is 0.405. The molecule has 0 unspecified atom stereocenters. The first-order valence-electron chi connectivity index (χ1n) is 5.75. The van der Waals surface area contributed by atoms with Crippen LogP contribution in [0.3, 0.4) is 0 Å². The molecule has 1 amide bonds. The maximum absolute atomic E-state index is 10.5. The van der Waals surface area contributed by atoms with E-state index in [4.69, 9.17) is 15.7 Å². The van der Waals surface area contributed by atoms with E-state index in [1.165, 1.54) is 0 Å². The fraction of sp³-hybridized carbons (Fsp3) is 0.545. The molecule has 0 spiro atoms. The van der Waals surface area contributed by atoms with Crippen molar-refractivity contribution in [2.24, 2.45) is 10.9 Å². The molecular formula is C11H15N3O3S. The van der Waals surface area contributed by atoms with Crippen LogP contribution in [0.15, 0.2) is 11.4 Å². The third-order valence-electron chi connectivity index (χ3n) is 2.98.